The van der Waals surface area contributed by atoms with Crippen LogP contribution in [0.5, 0.6) is 0 Å². The lowest BCUT2D eigenvalue weighted by molar-refractivity contribution is 0.0466. The van der Waals surface area contributed by atoms with Crippen LogP contribution in [0.4, 0.5) is 0 Å². The van der Waals surface area contributed by atoms with E-state index in [1.807, 2.05) is 4.90 Å². The summed E-state index contributed by atoms with van der Waals surface area (Å²) in [4.78, 5) is 16.6. The molecule has 0 spiro atoms. The van der Waals surface area contributed by atoms with Gasteiger partial charge in [-0.05, 0) is 19.2 Å². The lowest BCUT2D eigenvalue weighted by atomic mass is 10.1. The summed E-state index contributed by atoms with van der Waals surface area (Å²) in [6.07, 6.45) is 1.54. The van der Waals surface area contributed by atoms with Crippen molar-refractivity contribution in [3.8, 4) is 0 Å². The van der Waals surface area contributed by atoms with Gasteiger partial charge in [-0.1, -0.05) is 0 Å². The van der Waals surface area contributed by atoms with Crippen molar-refractivity contribution in [2.45, 2.75) is 6.04 Å². The third-order valence-corrected chi connectivity index (χ3v) is 3.64. The Hall–Kier alpha value is -1.33. The Labute approximate surface area is 106 Å². The zero-order valence-electron chi connectivity index (χ0n) is 10.5. The number of amides is 1. The Bertz CT molecular complexity index is 418. The van der Waals surface area contributed by atoms with Crippen molar-refractivity contribution >= 4 is 5.91 Å². The van der Waals surface area contributed by atoms with Crippen LogP contribution in [0.3, 0.4) is 0 Å². The standard InChI is InChI=1S/C13H18N2O3/c1-14-5-10-6-15(11(7-14)9-17-8-10)13(16)12-3-2-4-18-12/h2-4,10-11H,5-9H2,1H3/t10-,11-/m0/s1. The summed E-state index contributed by atoms with van der Waals surface area (Å²) in [5.74, 6) is 0.794. The smallest absolute Gasteiger partial charge is 0.289 e. The number of carbonyl (C=O) groups is 1. The summed E-state index contributed by atoms with van der Waals surface area (Å²) in [5, 5.41) is 0. The molecule has 2 fully saturated rings. The van der Waals surface area contributed by atoms with Crippen LogP contribution in [0.1, 0.15) is 10.6 Å². The first kappa shape index (κ1) is 11.7. The van der Waals surface area contributed by atoms with Crippen LogP contribution in [-0.2, 0) is 4.74 Å². The number of fused-ring (bicyclic) bond motifs is 3. The van der Waals surface area contributed by atoms with Gasteiger partial charge in [0.2, 0.25) is 0 Å². The minimum absolute atomic E-state index is 0.0178. The fraction of sp³-hybridized carbons (Fsp3) is 0.615. The van der Waals surface area contributed by atoms with Crippen LogP contribution in [0.15, 0.2) is 22.8 Å². The van der Waals surface area contributed by atoms with Gasteiger partial charge in [-0.15, -0.1) is 0 Å². The molecular formula is C13H18N2O3. The molecule has 1 aromatic rings. The molecule has 5 nitrogen and oxygen atoms in total. The van der Waals surface area contributed by atoms with Crippen molar-refractivity contribution in [2.75, 3.05) is 39.9 Å². The Morgan fingerprint density at radius 3 is 3.00 bits per heavy atom. The zero-order chi connectivity index (χ0) is 12.5. The van der Waals surface area contributed by atoms with Crippen molar-refractivity contribution < 1.29 is 13.9 Å². The monoisotopic (exact) mass is 250 g/mol. The highest BCUT2D eigenvalue weighted by Gasteiger charge is 2.35. The normalized spacial score (nSPS) is 29.1. The molecule has 2 saturated heterocycles. The van der Waals surface area contributed by atoms with Gasteiger partial charge in [0, 0.05) is 25.6 Å². The van der Waals surface area contributed by atoms with Crippen LogP contribution in [0.2, 0.25) is 0 Å². The molecule has 0 aromatic carbocycles. The van der Waals surface area contributed by atoms with E-state index < -0.39 is 0 Å². The van der Waals surface area contributed by atoms with Gasteiger partial charge in [-0.3, -0.25) is 4.79 Å². The third kappa shape index (κ3) is 2.15. The van der Waals surface area contributed by atoms with Gasteiger partial charge in [0.1, 0.15) is 0 Å². The summed E-state index contributed by atoms with van der Waals surface area (Å²) in [7, 11) is 2.10. The Morgan fingerprint density at radius 2 is 2.22 bits per heavy atom. The number of nitrogens with zero attached hydrogens (tertiary/aromatic N) is 2. The van der Waals surface area contributed by atoms with Crippen LogP contribution in [-0.4, -0.2) is 61.6 Å². The van der Waals surface area contributed by atoms with Crippen molar-refractivity contribution in [1.82, 2.24) is 9.80 Å². The quantitative estimate of drug-likeness (QED) is 0.735. The van der Waals surface area contributed by atoms with Gasteiger partial charge in [0.15, 0.2) is 5.76 Å². The zero-order valence-corrected chi connectivity index (χ0v) is 10.5. The highest BCUT2D eigenvalue weighted by atomic mass is 16.5. The van der Waals surface area contributed by atoms with Crippen molar-refractivity contribution in [3.05, 3.63) is 24.2 Å². The van der Waals surface area contributed by atoms with Crippen molar-refractivity contribution in [1.29, 1.82) is 0 Å². The largest absolute Gasteiger partial charge is 0.459 e. The highest BCUT2D eigenvalue weighted by Crippen LogP contribution is 2.21. The molecule has 98 valence electrons. The van der Waals surface area contributed by atoms with Crippen LogP contribution in [0, 0.1) is 5.92 Å². The van der Waals surface area contributed by atoms with E-state index in [2.05, 4.69) is 11.9 Å². The first-order chi connectivity index (χ1) is 8.74. The highest BCUT2D eigenvalue weighted by molar-refractivity contribution is 5.91. The molecular weight excluding hydrogens is 232 g/mol. The van der Waals surface area contributed by atoms with E-state index in [-0.39, 0.29) is 11.9 Å². The van der Waals surface area contributed by atoms with Crippen LogP contribution in [0.25, 0.3) is 0 Å². The minimum Gasteiger partial charge on any atom is -0.459 e. The van der Waals surface area contributed by atoms with E-state index in [9.17, 15) is 4.79 Å². The molecule has 2 atom stereocenters. The number of hydrogen-bond donors (Lipinski definition) is 0. The molecule has 5 heteroatoms. The second-order valence-electron chi connectivity index (χ2n) is 5.21. The molecule has 3 rings (SSSR count). The van der Waals surface area contributed by atoms with E-state index in [1.165, 1.54) is 0 Å². The number of ether oxygens (including phenoxy) is 1. The van der Waals surface area contributed by atoms with E-state index in [0.29, 0.717) is 18.3 Å². The molecule has 0 aliphatic carbocycles. The number of carbonyl (C=O) groups excluding carboxylic acids is 1. The molecule has 0 radical (unpaired) electrons. The summed E-state index contributed by atoms with van der Waals surface area (Å²) in [6.45, 7) is 3.96. The number of furan rings is 1. The maximum atomic E-state index is 12.4. The molecule has 1 amide bonds. The summed E-state index contributed by atoms with van der Waals surface area (Å²) in [6, 6.07) is 3.60. The first-order valence-electron chi connectivity index (χ1n) is 6.35. The summed E-state index contributed by atoms with van der Waals surface area (Å²) in [5.41, 5.74) is 0. The number of hydrogen-bond acceptors (Lipinski definition) is 4. The van der Waals surface area contributed by atoms with Crippen LogP contribution < -0.4 is 0 Å². The topological polar surface area (TPSA) is 45.9 Å². The fourth-order valence-corrected chi connectivity index (χ4v) is 2.87. The lowest BCUT2D eigenvalue weighted by Crippen LogP contribution is -2.45. The molecule has 2 bridgehead atoms. The van der Waals surface area contributed by atoms with Gasteiger partial charge in [0.25, 0.3) is 5.91 Å². The number of rotatable bonds is 1. The fourth-order valence-electron chi connectivity index (χ4n) is 2.87. The molecule has 1 aromatic heterocycles. The SMILES string of the molecule is CN1C[C@@H]2COC[C@H](C1)N(C(=O)c1ccco1)C2. The van der Waals surface area contributed by atoms with Crippen molar-refractivity contribution in [3.63, 3.8) is 0 Å². The van der Waals surface area contributed by atoms with E-state index in [4.69, 9.17) is 9.15 Å². The summed E-state index contributed by atoms with van der Waals surface area (Å²) >= 11 is 0. The van der Waals surface area contributed by atoms with Gasteiger partial charge in [-0.2, -0.15) is 0 Å². The van der Waals surface area contributed by atoms with Gasteiger partial charge < -0.3 is 19.0 Å². The van der Waals surface area contributed by atoms with E-state index >= 15 is 0 Å². The Balaban J connectivity index is 1.85. The Kier molecular flexibility index (Phi) is 3.09. The maximum Gasteiger partial charge on any atom is 0.289 e. The number of likely N-dealkylation sites (N-methyl/N-ethyl adjacent to an activating group) is 1. The van der Waals surface area contributed by atoms with Crippen LogP contribution >= 0.6 is 0 Å². The Morgan fingerprint density at radius 1 is 1.33 bits per heavy atom. The second-order valence-corrected chi connectivity index (χ2v) is 5.21. The average molecular weight is 250 g/mol. The predicted octanol–water partition coefficient (Wildman–Crippen LogP) is 0.682. The average Bonchev–Trinajstić information content (AvgIpc) is 2.72. The molecule has 0 saturated carbocycles. The maximum absolute atomic E-state index is 12.4. The van der Waals surface area contributed by atoms with E-state index in [1.54, 1.807) is 18.4 Å². The van der Waals surface area contributed by atoms with E-state index in [0.717, 1.165) is 26.2 Å². The molecule has 2 aliphatic heterocycles. The van der Waals surface area contributed by atoms with Gasteiger partial charge >= 0.3 is 0 Å². The molecule has 0 N–H and O–H groups in total. The minimum atomic E-state index is -0.0178. The lowest BCUT2D eigenvalue weighted by Gasteiger charge is -2.29. The summed E-state index contributed by atoms with van der Waals surface area (Å²) < 4.78 is 10.9. The first-order valence-corrected chi connectivity index (χ1v) is 6.35. The predicted molar refractivity (Wildman–Crippen MR) is 65.3 cm³/mol. The molecule has 2 aliphatic rings. The molecule has 0 unspecified atom stereocenters. The van der Waals surface area contributed by atoms with Gasteiger partial charge in [-0.25, -0.2) is 0 Å². The second kappa shape index (κ2) is 4.74. The van der Waals surface area contributed by atoms with Crippen molar-refractivity contribution in [2.24, 2.45) is 5.92 Å². The molecule has 3 heterocycles. The molecule has 18 heavy (non-hydrogen) atoms. The third-order valence-electron chi connectivity index (χ3n) is 3.64. The van der Waals surface area contributed by atoms with Gasteiger partial charge in [0.05, 0.1) is 25.5 Å².